The Morgan fingerprint density at radius 2 is 1.75 bits per heavy atom. The van der Waals surface area contributed by atoms with Crippen LogP contribution in [0, 0.1) is 5.92 Å². The SMILES string of the molecule is NCC1CCCC1Nc1ccc(OC2CCCC2)cc1. The van der Waals surface area contributed by atoms with E-state index < -0.39 is 0 Å². The molecular formula is C17H26N2O. The topological polar surface area (TPSA) is 47.3 Å². The van der Waals surface area contributed by atoms with Crippen LogP contribution in [0.1, 0.15) is 44.9 Å². The highest BCUT2D eigenvalue weighted by Gasteiger charge is 2.25. The smallest absolute Gasteiger partial charge is 0.119 e. The Balaban J connectivity index is 1.55. The number of nitrogens with one attached hydrogen (secondary N) is 1. The van der Waals surface area contributed by atoms with Gasteiger partial charge in [0.15, 0.2) is 0 Å². The second-order valence-corrected chi connectivity index (χ2v) is 6.23. The van der Waals surface area contributed by atoms with Crippen LogP contribution in [-0.2, 0) is 0 Å². The molecule has 3 rings (SSSR count). The maximum absolute atomic E-state index is 5.99. The molecule has 3 nitrogen and oxygen atoms in total. The van der Waals surface area contributed by atoms with Gasteiger partial charge in [-0.15, -0.1) is 0 Å². The number of hydrogen-bond acceptors (Lipinski definition) is 3. The van der Waals surface area contributed by atoms with Crippen molar-refractivity contribution in [2.45, 2.75) is 57.1 Å². The van der Waals surface area contributed by atoms with Crippen LogP contribution in [0.25, 0.3) is 0 Å². The average molecular weight is 274 g/mol. The third-order valence-corrected chi connectivity index (χ3v) is 4.77. The molecule has 2 atom stereocenters. The molecule has 0 saturated heterocycles. The highest BCUT2D eigenvalue weighted by atomic mass is 16.5. The van der Waals surface area contributed by atoms with Gasteiger partial charge in [-0.05, 0) is 75.3 Å². The maximum atomic E-state index is 5.99. The predicted octanol–water partition coefficient (Wildman–Crippen LogP) is 3.55. The van der Waals surface area contributed by atoms with E-state index in [-0.39, 0.29) is 0 Å². The Labute approximate surface area is 121 Å². The molecule has 0 amide bonds. The Hall–Kier alpha value is -1.22. The van der Waals surface area contributed by atoms with E-state index in [0.717, 1.165) is 12.3 Å². The molecular weight excluding hydrogens is 248 g/mol. The standard InChI is InChI=1S/C17H26N2O/c18-12-13-4-3-7-17(13)19-14-8-10-16(11-9-14)20-15-5-1-2-6-15/h8-11,13,15,17,19H,1-7,12,18H2. The number of nitrogens with two attached hydrogens (primary N) is 1. The van der Waals surface area contributed by atoms with Gasteiger partial charge in [0.1, 0.15) is 5.75 Å². The molecule has 2 fully saturated rings. The third-order valence-electron chi connectivity index (χ3n) is 4.77. The van der Waals surface area contributed by atoms with Crippen LogP contribution in [0.4, 0.5) is 5.69 Å². The lowest BCUT2D eigenvalue weighted by atomic mass is 10.0. The van der Waals surface area contributed by atoms with E-state index in [1.807, 2.05) is 0 Å². The Bertz CT molecular complexity index is 412. The molecule has 3 heteroatoms. The van der Waals surface area contributed by atoms with Crippen LogP contribution in [0.2, 0.25) is 0 Å². The number of ether oxygens (including phenoxy) is 1. The molecule has 0 aromatic heterocycles. The molecule has 2 unspecified atom stereocenters. The summed E-state index contributed by atoms with van der Waals surface area (Å²) >= 11 is 0. The Morgan fingerprint density at radius 3 is 2.45 bits per heavy atom. The van der Waals surface area contributed by atoms with Gasteiger partial charge in [0.05, 0.1) is 6.10 Å². The molecule has 0 bridgehead atoms. The highest BCUT2D eigenvalue weighted by molar-refractivity contribution is 5.47. The summed E-state index contributed by atoms with van der Waals surface area (Å²) in [5.41, 5.74) is 7.02. The van der Waals surface area contributed by atoms with Gasteiger partial charge in [-0.25, -0.2) is 0 Å². The van der Waals surface area contributed by atoms with Crippen LogP contribution in [0.3, 0.4) is 0 Å². The molecule has 1 aromatic rings. The van der Waals surface area contributed by atoms with Crippen LogP contribution in [0.15, 0.2) is 24.3 Å². The molecule has 2 aliphatic rings. The van der Waals surface area contributed by atoms with Crippen molar-refractivity contribution in [1.82, 2.24) is 0 Å². The average Bonchev–Trinajstić information content (AvgIpc) is 3.12. The first-order valence-electron chi connectivity index (χ1n) is 8.08. The van der Waals surface area contributed by atoms with Crippen molar-refractivity contribution in [1.29, 1.82) is 0 Å². The van der Waals surface area contributed by atoms with Gasteiger partial charge in [0.25, 0.3) is 0 Å². The summed E-state index contributed by atoms with van der Waals surface area (Å²) in [5.74, 6) is 1.63. The fourth-order valence-corrected chi connectivity index (χ4v) is 3.55. The van der Waals surface area contributed by atoms with Crippen molar-refractivity contribution in [3.05, 3.63) is 24.3 Å². The van der Waals surface area contributed by atoms with Gasteiger partial charge in [0, 0.05) is 11.7 Å². The number of anilines is 1. The van der Waals surface area contributed by atoms with Gasteiger partial charge in [-0.2, -0.15) is 0 Å². The Kier molecular flexibility index (Phi) is 4.46. The van der Waals surface area contributed by atoms with Crippen molar-refractivity contribution in [2.75, 3.05) is 11.9 Å². The summed E-state index contributed by atoms with van der Waals surface area (Å²) in [6.07, 6.45) is 9.27. The van der Waals surface area contributed by atoms with Crippen molar-refractivity contribution < 1.29 is 4.74 Å². The van der Waals surface area contributed by atoms with Crippen molar-refractivity contribution in [3.63, 3.8) is 0 Å². The molecule has 3 N–H and O–H groups in total. The van der Waals surface area contributed by atoms with Crippen molar-refractivity contribution >= 4 is 5.69 Å². The Morgan fingerprint density at radius 1 is 1.00 bits per heavy atom. The van der Waals surface area contributed by atoms with Crippen LogP contribution in [-0.4, -0.2) is 18.7 Å². The molecule has 110 valence electrons. The molecule has 2 saturated carbocycles. The molecule has 0 aliphatic heterocycles. The van der Waals surface area contributed by atoms with Crippen molar-refractivity contribution in [3.8, 4) is 5.75 Å². The van der Waals surface area contributed by atoms with E-state index in [9.17, 15) is 0 Å². The lowest BCUT2D eigenvalue weighted by molar-refractivity contribution is 0.210. The maximum Gasteiger partial charge on any atom is 0.119 e. The third kappa shape index (κ3) is 3.26. The summed E-state index contributed by atoms with van der Waals surface area (Å²) in [7, 11) is 0. The molecule has 20 heavy (non-hydrogen) atoms. The quantitative estimate of drug-likeness (QED) is 0.863. The fraction of sp³-hybridized carbons (Fsp3) is 0.647. The first-order chi connectivity index (χ1) is 9.85. The zero-order valence-corrected chi connectivity index (χ0v) is 12.2. The van der Waals surface area contributed by atoms with Gasteiger partial charge in [0.2, 0.25) is 0 Å². The molecule has 2 aliphatic carbocycles. The number of hydrogen-bond donors (Lipinski definition) is 2. The zero-order chi connectivity index (χ0) is 13.8. The van der Waals surface area contributed by atoms with E-state index in [1.54, 1.807) is 0 Å². The normalized spacial score (nSPS) is 26.9. The first kappa shape index (κ1) is 13.7. The van der Waals surface area contributed by atoms with E-state index >= 15 is 0 Å². The van der Waals surface area contributed by atoms with E-state index in [0.29, 0.717) is 18.1 Å². The minimum Gasteiger partial charge on any atom is -0.490 e. The summed E-state index contributed by atoms with van der Waals surface area (Å²) in [4.78, 5) is 0. The van der Waals surface area contributed by atoms with Crippen LogP contribution < -0.4 is 15.8 Å². The number of rotatable bonds is 5. The lowest BCUT2D eigenvalue weighted by Crippen LogP contribution is -2.29. The molecule has 0 spiro atoms. The second-order valence-electron chi connectivity index (χ2n) is 6.23. The molecule has 1 aromatic carbocycles. The van der Waals surface area contributed by atoms with E-state index in [1.165, 1.54) is 50.6 Å². The second kappa shape index (κ2) is 6.49. The van der Waals surface area contributed by atoms with Gasteiger partial charge >= 0.3 is 0 Å². The molecule has 0 radical (unpaired) electrons. The van der Waals surface area contributed by atoms with Gasteiger partial charge in [-0.1, -0.05) is 6.42 Å². The predicted molar refractivity (Wildman–Crippen MR) is 83.1 cm³/mol. The van der Waals surface area contributed by atoms with Gasteiger partial charge < -0.3 is 15.8 Å². The van der Waals surface area contributed by atoms with E-state index in [2.05, 4.69) is 29.6 Å². The minimum absolute atomic E-state index is 0.435. The fourth-order valence-electron chi connectivity index (χ4n) is 3.55. The van der Waals surface area contributed by atoms with E-state index in [4.69, 9.17) is 10.5 Å². The summed E-state index contributed by atoms with van der Waals surface area (Å²) < 4.78 is 5.99. The lowest BCUT2D eigenvalue weighted by Gasteiger charge is -2.21. The van der Waals surface area contributed by atoms with Crippen LogP contribution in [0.5, 0.6) is 5.75 Å². The van der Waals surface area contributed by atoms with Crippen LogP contribution >= 0.6 is 0 Å². The summed E-state index contributed by atoms with van der Waals surface area (Å²) in [6.45, 7) is 0.792. The zero-order valence-electron chi connectivity index (χ0n) is 12.2. The summed E-state index contributed by atoms with van der Waals surface area (Å²) in [5, 5.41) is 3.63. The summed E-state index contributed by atoms with van der Waals surface area (Å²) in [6, 6.07) is 8.99. The first-order valence-corrected chi connectivity index (χ1v) is 8.08. The largest absolute Gasteiger partial charge is 0.490 e. The monoisotopic (exact) mass is 274 g/mol. The van der Waals surface area contributed by atoms with Gasteiger partial charge in [-0.3, -0.25) is 0 Å². The van der Waals surface area contributed by atoms with Crippen molar-refractivity contribution in [2.24, 2.45) is 11.7 Å². The minimum atomic E-state index is 0.435. The molecule has 0 heterocycles. The number of benzene rings is 1. The highest BCUT2D eigenvalue weighted by Crippen LogP contribution is 2.29.